The minimum atomic E-state index is -0.602. The van der Waals surface area contributed by atoms with Crippen LogP contribution in [0.3, 0.4) is 0 Å². The lowest BCUT2D eigenvalue weighted by molar-refractivity contribution is -0.129. The molecule has 2 aliphatic carbocycles. The zero-order valence-corrected chi connectivity index (χ0v) is 21.6. The molecule has 6 rings (SSSR count). The van der Waals surface area contributed by atoms with E-state index >= 15 is 0 Å². The Morgan fingerprint density at radius 3 is 2.03 bits per heavy atom. The highest BCUT2D eigenvalue weighted by Gasteiger charge is 2.61. The van der Waals surface area contributed by atoms with Crippen LogP contribution in [0.5, 0.6) is 0 Å². The summed E-state index contributed by atoms with van der Waals surface area (Å²) in [5.41, 5.74) is 10.7. The predicted octanol–water partition coefficient (Wildman–Crippen LogP) is 6.11. The summed E-state index contributed by atoms with van der Waals surface area (Å²) < 4.78 is 0. The molecule has 38 heavy (non-hydrogen) atoms. The van der Waals surface area contributed by atoms with Crippen LogP contribution in [0.1, 0.15) is 43.5 Å². The Kier molecular flexibility index (Phi) is 5.64. The molecule has 2 bridgehead atoms. The first kappa shape index (κ1) is 24.0. The van der Waals surface area contributed by atoms with E-state index in [4.69, 9.17) is 9.97 Å². The van der Waals surface area contributed by atoms with Gasteiger partial charge in [0.15, 0.2) is 0 Å². The summed E-state index contributed by atoms with van der Waals surface area (Å²) in [4.78, 5) is 36.2. The quantitative estimate of drug-likeness (QED) is 0.261. The van der Waals surface area contributed by atoms with Gasteiger partial charge in [-0.3, -0.25) is 20.4 Å². The summed E-state index contributed by atoms with van der Waals surface area (Å²) in [6, 6.07) is 25.1. The molecular weight excluding hydrogens is 472 g/mol. The van der Waals surface area contributed by atoms with Crippen LogP contribution in [0.15, 0.2) is 91.0 Å². The third-order valence-electron chi connectivity index (χ3n) is 8.64. The van der Waals surface area contributed by atoms with E-state index in [1.165, 1.54) is 0 Å². The zero-order valence-electron chi connectivity index (χ0n) is 21.6. The van der Waals surface area contributed by atoms with E-state index in [1.54, 1.807) is 18.2 Å². The van der Waals surface area contributed by atoms with Gasteiger partial charge in [0.1, 0.15) is 0 Å². The van der Waals surface area contributed by atoms with E-state index in [9.17, 15) is 9.59 Å². The van der Waals surface area contributed by atoms with Gasteiger partial charge in [0, 0.05) is 16.7 Å². The monoisotopic (exact) mass is 502 g/mol. The van der Waals surface area contributed by atoms with Gasteiger partial charge in [0.2, 0.25) is 5.91 Å². The Morgan fingerprint density at radius 1 is 0.842 bits per heavy atom. The van der Waals surface area contributed by atoms with Crippen LogP contribution in [0, 0.1) is 16.7 Å². The summed E-state index contributed by atoms with van der Waals surface area (Å²) in [7, 11) is 0. The van der Waals surface area contributed by atoms with Gasteiger partial charge in [-0.2, -0.15) is 0 Å². The molecule has 0 aliphatic heterocycles. The Balaban J connectivity index is 1.28. The first-order chi connectivity index (χ1) is 18.3. The molecule has 6 heteroatoms. The number of fused-ring (bicyclic) bond motifs is 3. The van der Waals surface area contributed by atoms with Gasteiger partial charge in [0.25, 0.3) is 5.91 Å². The number of hydrazine groups is 1. The molecule has 1 aromatic heterocycles. The molecule has 2 aliphatic rings. The van der Waals surface area contributed by atoms with Crippen LogP contribution < -0.4 is 10.9 Å². The molecular formula is C32H30N4O2. The van der Waals surface area contributed by atoms with Gasteiger partial charge in [-0.15, -0.1) is 0 Å². The summed E-state index contributed by atoms with van der Waals surface area (Å²) >= 11 is 0. The largest absolute Gasteiger partial charge is 0.272 e. The van der Waals surface area contributed by atoms with Crippen molar-refractivity contribution in [2.24, 2.45) is 16.7 Å². The van der Waals surface area contributed by atoms with E-state index in [-0.39, 0.29) is 11.3 Å². The normalized spacial score (nSPS) is 21.4. The van der Waals surface area contributed by atoms with Crippen molar-refractivity contribution in [2.75, 3.05) is 0 Å². The van der Waals surface area contributed by atoms with E-state index < -0.39 is 11.3 Å². The molecule has 0 spiro atoms. The fourth-order valence-electron chi connectivity index (χ4n) is 6.24. The minimum Gasteiger partial charge on any atom is -0.272 e. The Morgan fingerprint density at radius 2 is 1.45 bits per heavy atom. The SMILES string of the molecule is C=C1C2(C(=O)NNC(=O)c3ccc4nc(-c5ccccc5)c(-c5ccccc5)nc4c3)CCC(C2)C1(C)C. The number of hydrogen-bond acceptors (Lipinski definition) is 4. The van der Waals surface area contributed by atoms with Crippen molar-refractivity contribution in [1.82, 2.24) is 20.8 Å². The topological polar surface area (TPSA) is 84.0 Å². The van der Waals surface area contributed by atoms with Crippen molar-refractivity contribution in [3.63, 3.8) is 0 Å². The van der Waals surface area contributed by atoms with Crippen LogP contribution in [0.4, 0.5) is 0 Å². The van der Waals surface area contributed by atoms with Gasteiger partial charge >= 0.3 is 0 Å². The fraction of sp³-hybridized carbons (Fsp3) is 0.250. The number of rotatable bonds is 4. The predicted molar refractivity (Wildman–Crippen MR) is 149 cm³/mol. The van der Waals surface area contributed by atoms with Gasteiger partial charge in [0.05, 0.1) is 27.8 Å². The molecule has 4 aromatic rings. The Labute approximate surface area is 222 Å². The molecule has 3 aromatic carbocycles. The van der Waals surface area contributed by atoms with E-state index in [2.05, 4.69) is 31.3 Å². The molecule has 6 nitrogen and oxygen atoms in total. The number of aromatic nitrogens is 2. The number of amides is 2. The second kappa shape index (κ2) is 8.91. The third-order valence-corrected chi connectivity index (χ3v) is 8.64. The smallest absolute Gasteiger partial charge is 0.269 e. The van der Waals surface area contributed by atoms with Crippen LogP contribution in [-0.4, -0.2) is 21.8 Å². The summed E-state index contributed by atoms with van der Waals surface area (Å²) in [5.74, 6) is -0.122. The van der Waals surface area contributed by atoms with Crippen LogP contribution in [0.25, 0.3) is 33.5 Å². The van der Waals surface area contributed by atoms with Gasteiger partial charge in [-0.1, -0.05) is 86.7 Å². The van der Waals surface area contributed by atoms with E-state index in [0.29, 0.717) is 22.5 Å². The molecule has 2 atom stereocenters. The number of hydrogen-bond donors (Lipinski definition) is 2. The van der Waals surface area contributed by atoms with Crippen molar-refractivity contribution in [1.29, 1.82) is 0 Å². The van der Waals surface area contributed by atoms with E-state index in [0.717, 1.165) is 47.4 Å². The first-order valence-corrected chi connectivity index (χ1v) is 13.0. The summed E-state index contributed by atoms with van der Waals surface area (Å²) in [6.45, 7) is 8.60. The number of carbonyl (C=O) groups excluding carboxylic acids is 2. The highest BCUT2D eigenvalue weighted by atomic mass is 16.2. The lowest BCUT2D eigenvalue weighted by Gasteiger charge is -2.37. The third kappa shape index (κ3) is 3.79. The fourth-order valence-corrected chi connectivity index (χ4v) is 6.24. The van der Waals surface area contributed by atoms with Crippen molar-refractivity contribution in [2.45, 2.75) is 33.1 Å². The van der Waals surface area contributed by atoms with Gasteiger partial charge in [-0.05, 0) is 48.8 Å². The molecule has 2 unspecified atom stereocenters. The zero-order chi connectivity index (χ0) is 26.5. The molecule has 0 saturated heterocycles. The number of carbonyl (C=O) groups is 2. The lowest BCUT2D eigenvalue weighted by atomic mass is 9.68. The van der Waals surface area contributed by atoms with Crippen molar-refractivity contribution >= 4 is 22.8 Å². The maximum atomic E-state index is 13.2. The molecule has 0 radical (unpaired) electrons. The molecule has 2 N–H and O–H groups in total. The number of nitrogens with one attached hydrogen (secondary N) is 2. The highest BCUT2D eigenvalue weighted by Crippen LogP contribution is 2.65. The molecule has 2 fully saturated rings. The maximum absolute atomic E-state index is 13.2. The van der Waals surface area contributed by atoms with Gasteiger partial charge < -0.3 is 0 Å². The highest BCUT2D eigenvalue weighted by molar-refractivity contribution is 5.99. The Bertz CT molecular complexity index is 1580. The van der Waals surface area contributed by atoms with Gasteiger partial charge in [-0.25, -0.2) is 9.97 Å². The van der Waals surface area contributed by atoms with E-state index in [1.807, 2.05) is 60.7 Å². The number of nitrogens with zero attached hydrogens (tertiary/aromatic N) is 2. The molecule has 2 amide bonds. The standard InChI is InChI=1S/C32H30N4O2/c1-20-31(2,3)24-16-17-32(20,19-24)30(38)36-35-29(37)23-14-15-25-26(18-23)34-28(22-12-8-5-9-13-22)27(33-25)21-10-6-4-7-11-21/h4-15,18,24H,1,16-17,19H2,2-3H3,(H,35,37)(H,36,38). The minimum absolute atomic E-state index is 0.0638. The summed E-state index contributed by atoms with van der Waals surface area (Å²) in [6.07, 6.45) is 2.57. The molecule has 190 valence electrons. The van der Waals surface area contributed by atoms with Crippen molar-refractivity contribution in [3.05, 3.63) is 96.6 Å². The molecule has 1 heterocycles. The van der Waals surface area contributed by atoms with Crippen molar-refractivity contribution < 1.29 is 9.59 Å². The average Bonchev–Trinajstić information content (AvgIpc) is 3.49. The molecule has 2 saturated carbocycles. The summed E-state index contributed by atoms with van der Waals surface area (Å²) in [5, 5.41) is 0. The average molecular weight is 503 g/mol. The first-order valence-electron chi connectivity index (χ1n) is 13.0. The maximum Gasteiger partial charge on any atom is 0.269 e. The second-order valence-corrected chi connectivity index (χ2v) is 11.0. The van der Waals surface area contributed by atoms with Crippen LogP contribution in [-0.2, 0) is 4.79 Å². The van der Waals surface area contributed by atoms with Crippen molar-refractivity contribution in [3.8, 4) is 22.5 Å². The second-order valence-electron chi connectivity index (χ2n) is 11.0. The van der Waals surface area contributed by atoms with Crippen LogP contribution >= 0.6 is 0 Å². The van der Waals surface area contributed by atoms with Crippen LogP contribution in [0.2, 0.25) is 0 Å². The number of benzene rings is 3. The lowest BCUT2D eigenvalue weighted by Crippen LogP contribution is -2.49. The Hall–Kier alpha value is -4.32.